The van der Waals surface area contributed by atoms with E-state index in [1.165, 1.54) is 7.11 Å². The summed E-state index contributed by atoms with van der Waals surface area (Å²) in [6, 6.07) is 22.3. The second-order valence-electron chi connectivity index (χ2n) is 7.30. The first kappa shape index (κ1) is 22.6. The Balaban J connectivity index is 1.78. The third-order valence-electron chi connectivity index (χ3n) is 5.16. The van der Waals surface area contributed by atoms with E-state index < -0.39 is 5.97 Å². The van der Waals surface area contributed by atoms with Crippen LogP contribution in [0.1, 0.15) is 28.4 Å². The lowest BCUT2D eigenvalue weighted by atomic mass is 10.1. The van der Waals surface area contributed by atoms with Gasteiger partial charge in [-0.3, -0.25) is 9.69 Å². The summed E-state index contributed by atoms with van der Waals surface area (Å²) in [6.07, 6.45) is 3.71. The first-order valence-corrected chi connectivity index (χ1v) is 11.2. The minimum atomic E-state index is -0.455. The Labute approximate surface area is 201 Å². The van der Waals surface area contributed by atoms with E-state index in [-0.39, 0.29) is 5.91 Å². The van der Waals surface area contributed by atoms with Gasteiger partial charge in [0.25, 0.3) is 5.91 Å². The van der Waals surface area contributed by atoms with E-state index >= 15 is 0 Å². The van der Waals surface area contributed by atoms with Crippen LogP contribution in [0.3, 0.4) is 0 Å². The van der Waals surface area contributed by atoms with Crippen LogP contribution in [-0.2, 0) is 9.53 Å². The van der Waals surface area contributed by atoms with E-state index in [4.69, 9.17) is 9.47 Å². The highest BCUT2D eigenvalue weighted by Crippen LogP contribution is 2.36. The fourth-order valence-electron chi connectivity index (χ4n) is 3.64. The van der Waals surface area contributed by atoms with E-state index in [1.807, 2.05) is 67.6 Å². The average molecular weight is 504 g/mol. The quantitative estimate of drug-likeness (QED) is 0.301. The van der Waals surface area contributed by atoms with Crippen molar-refractivity contribution in [3.63, 3.8) is 0 Å². The highest BCUT2D eigenvalue weighted by Gasteiger charge is 2.30. The fourth-order valence-corrected chi connectivity index (χ4v) is 4.15. The molecule has 3 aromatic rings. The normalized spacial score (nSPS) is 14.4. The van der Waals surface area contributed by atoms with Crippen LogP contribution in [0.25, 0.3) is 11.8 Å². The van der Waals surface area contributed by atoms with Crippen LogP contribution < -0.4 is 9.64 Å². The van der Waals surface area contributed by atoms with Crippen molar-refractivity contribution in [2.75, 3.05) is 18.6 Å². The Morgan fingerprint density at radius 3 is 2.52 bits per heavy atom. The SMILES string of the molecule is CCOc1ccc(/C=C2\C=C(c3ccccc3)N(c3cccc(C(=O)OC)c3)C2=O)cc1Br. The molecule has 6 heteroatoms. The number of methoxy groups -OCH3 is 1. The van der Waals surface area contributed by atoms with Crippen LogP contribution in [0, 0.1) is 0 Å². The smallest absolute Gasteiger partial charge is 0.337 e. The molecule has 5 nitrogen and oxygen atoms in total. The first-order chi connectivity index (χ1) is 16.0. The molecule has 3 aromatic carbocycles. The van der Waals surface area contributed by atoms with Crippen molar-refractivity contribution in [3.8, 4) is 5.75 Å². The number of anilines is 1. The fraction of sp³-hybridized carbons (Fsp3) is 0.111. The molecule has 1 aliphatic heterocycles. The van der Waals surface area contributed by atoms with Gasteiger partial charge in [0.05, 0.1) is 35.1 Å². The van der Waals surface area contributed by atoms with Crippen LogP contribution in [0.4, 0.5) is 5.69 Å². The number of carbonyl (C=O) groups is 2. The van der Waals surface area contributed by atoms with Crippen molar-refractivity contribution in [1.82, 2.24) is 0 Å². The largest absolute Gasteiger partial charge is 0.493 e. The maximum atomic E-state index is 13.6. The van der Waals surface area contributed by atoms with E-state index in [2.05, 4.69) is 15.9 Å². The molecule has 0 N–H and O–H groups in total. The molecule has 0 fully saturated rings. The summed E-state index contributed by atoms with van der Waals surface area (Å²) >= 11 is 3.53. The third kappa shape index (κ3) is 4.76. The third-order valence-corrected chi connectivity index (χ3v) is 5.78. The van der Waals surface area contributed by atoms with Crippen LogP contribution in [-0.4, -0.2) is 25.6 Å². The zero-order chi connectivity index (χ0) is 23.4. The van der Waals surface area contributed by atoms with E-state index in [1.54, 1.807) is 29.2 Å². The van der Waals surface area contributed by atoms with Gasteiger partial charge in [-0.2, -0.15) is 0 Å². The topological polar surface area (TPSA) is 55.8 Å². The highest BCUT2D eigenvalue weighted by molar-refractivity contribution is 9.10. The van der Waals surface area contributed by atoms with Gasteiger partial charge in [-0.15, -0.1) is 0 Å². The Bertz CT molecular complexity index is 1260. The van der Waals surface area contributed by atoms with Crippen molar-refractivity contribution < 1.29 is 19.1 Å². The number of ether oxygens (including phenoxy) is 2. The van der Waals surface area contributed by atoms with Gasteiger partial charge in [0.15, 0.2) is 0 Å². The van der Waals surface area contributed by atoms with Gasteiger partial charge < -0.3 is 9.47 Å². The lowest BCUT2D eigenvalue weighted by Gasteiger charge is -2.21. The Hall–Kier alpha value is -3.64. The number of esters is 1. The zero-order valence-corrected chi connectivity index (χ0v) is 19.8. The minimum Gasteiger partial charge on any atom is -0.493 e. The van der Waals surface area contributed by atoms with Crippen molar-refractivity contribution in [2.24, 2.45) is 0 Å². The molecule has 0 atom stereocenters. The van der Waals surface area contributed by atoms with Gasteiger partial charge in [0.1, 0.15) is 5.75 Å². The predicted octanol–water partition coefficient (Wildman–Crippen LogP) is 6.11. The number of rotatable bonds is 6. The maximum absolute atomic E-state index is 13.6. The van der Waals surface area contributed by atoms with Gasteiger partial charge in [-0.05, 0) is 76.5 Å². The average Bonchev–Trinajstić information content (AvgIpc) is 3.16. The van der Waals surface area contributed by atoms with Gasteiger partial charge in [-0.25, -0.2) is 4.79 Å². The number of hydrogen-bond acceptors (Lipinski definition) is 4. The molecule has 1 aliphatic rings. The van der Waals surface area contributed by atoms with Crippen molar-refractivity contribution in [3.05, 3.63) is 106 Å². The summed E-state index contributed by atoms with van der Waals surface area (Å²) in [5, 5.41) is 0. The zero-order valence-electron chi connectivity index (χ0n) is 18.2. The molecule has 0 bridgehead atoms. The van der Waals surface area contributed by atoms with Gasteiger partial charge >= 0.3 is 5.97 Å². The molecule has 0 saturated heterocycles. The molecule has 0 aromatic heterocycles. The number of nitrogens with zero attached hydrogens (tertiary/aromatic N) is 1. The molecule has 1 amide bonds. The van der Waals surface area contributed by atoms with Crippen molar-refractivity contribution >= 4 is 45.3 Å². The van der Waals surface area contributed by atoms with Crippen molar-refractivity contribution in [2.45, 2.75) is 6.92 Å². The second kappa shape index (κ2) is 9.88. The number of carbonyl (C=O) groups excluding carboxylic acids is 2. The summed E-state index contributed by atoms with van der Waals surface area (Å²) < 4.78 is 11.2. The monoisotopic (exact) mass is 503 g/mol. The number of benzene rings is 3. The molecule has 0 radical (unpaired) electrons. The van der Waals surface area contributed by atoms with E-state index in [0.717, 1.165) is 27.0 Å². The molecular formula is C27H22BrNO4. The molecule has 4 rings (SSSR count). The Morgan fingerprint density at radius 1 is 1.03 bits per heavy atom. The molecule has 33 heavy (non-hydrogen) atoms. The molecule has 0 saturated carbocycles. The van der Waals surface area contributed by atoms with Crippen LogP contribution in [0.15, 0.2) is 88.9 Å². The van der Waals surface area contributed by atoms with Gasteiger partial charge in [0.2, 0.25) is 0 Å². The first-order valence-electron chi connectivity index (χ1n) is 10.5. The second-order valence-corrected chi connectivity index (χ2v) is 8.15. The van der Waals surface area contributed by atoms with Crippen LogP contribution in [0.5, 0.6) is 5.75 Å². The summed E-state index contributed by atoms with van der Waals surface area (Å²) in [4.78, 5) is 27.2. The number of amides is 1. The number of halogens is 1. The Morgan fingerprint density at radius 2 is 1.82 bits per heavy atom. The molecule has 1 heterocycles. The highest BCUT2D eigenvalue weighted by atomic mass is 79.9. The maximum Gasteiger partial charge on any atom is 0.337 e. The van der Waals surface area contributed by atoms with Gasteiger partial charge in [0, 0.05) is 5.57 Å². The summed E-state index contributed by atoms with van der Waals surface area (Å²) in [7, 11) is 1.33. The summed E-state index contributed by atoms with van der Waals surface area (Å²) in [6.45, 7) is 2.50. The minimum absolute atomic E-state index is 0.180. The molecule has 0 spiro atoms. The number of hydrogen-bond donors (Lipinski definition) is 0. The van der Waals surface area contributed by atoms with Crippen LogP contribution >= 0.6 is 15.9 Å². The van der Waals surface area contributed by atoms with E-state index in [0.29, 0.717) is 23.4 Å². The summed E-state index contributed by atoms with van der Waals surface area (Å²) in [5.41, 5.74) is 4.00. The van der Waals surface area contributed by atoms with E-state index in [9.17, 15) is 9.59 Å². The standard InChI is InChI=1S/C27H22BrNO4/c1-3-33-25-13-12-18(15-23(25)28)14-21-17-24(19-8-5-4-6-9-19)29(26(21)30)22-11-7-10-20(16-22)27(31)32-2/h4-17H,3H2,1-2H3/b21-14+. The molecule has 166 valence electrons. The predicted molar refractivity (Wildman–Crippen MR) is 133 cm³/mol. The Kier molecular flexibility index (Phi) is 6.75. The van der Waals surface area contributed by atoms with Crippen LogP contribution in [0.2, 0.25) is 0 Å². The van der Waals surface area contributed by atoms with Crippen molar-refractivity contribution in [1.29, 1.82) is 0 Å². The summed E-state index contributed by atoms with van der Waals surface area (Å²) in [5.74, 6) is 0.115. The molecule has 0 unspecified atom stereocenters. The van der Waals surface area contributed by atoms with Gasteiger partial charge in [-0.1, -0.05) is 42.5 Å². The molecular weight excluding hydrogens is 482 g/mol. The lowest BCUT2D eigenvalue weighted by Crippen LogP contribution is -2.25. The molecule has 0 aliphatic carbocycles. The lowest BCUT2D eigenvalue weighted by molar-refractivity contribution is -0.113.